The number of amides is 1. The molecule has 2 aromatic carbocycles. The third kappa shape index (κ3) is 5.71. The van der Waals surface area contributed by atoms with Gasteiger partial charge in [-0.2, -0.15) is 0 Å². The van der Waals surface area contributed by atoms with E-state index < -0.39 is 0 Å². The second-order valence-corrected chi connectivity index (χ2v) is 6.84. The molecule has 1 fully saturated rings. The number of methoxy groups -OCH3 is 2. The maximum atomic E-state index is 12.7. The summed E-state index contributed by atoms with van der Waals surface area (Å²) >= 11 is 0. The molecule has 7 nitrogen and oxygen atoms in total. The number of nitrogens with one attached hydrogen (secondary N) is 2. The Bertz CT molecular complexity index is 876. The number of anilines is 1. The van der Waals surface area contributed by atoms with Crippen molar-refractivity contribution < 1.29 is 19.0 Å². The number of guanidine groups is 1. The van der Waals surface area contributed by atoms with Crippen LogP contribution in [0, 0.1) is 6.92 Å². The molecule has 2 aromatic rings. The highest BCUT2D eigenvalue weighted by Crippen LogP contribution is 2.29. The Balaban J connectivity index is 1.78. The minimum absolute atomic E-state index is 0.0769. The molecule has 0 aliphatic carbocycles. The monoisotopic (exact) mass is 397 g/mol. The molecule has 1 saturated heterocycles. The number of ether oxygens (including phenoxy) is 3. The molecular formula is C22H27N3O4. The van der Waals surface area contributed by atoms with Crippen LogP contribution in [-0.4, -0.2) is 45.3 Å². The molecule has 1 atom stereocenters. The van der Waals surface area contributed by atoms with Gasteiger partial charge >= 0.3 is 0 Å². The lowest BCUT2D eigenvalue weighted by Crippen LogP contribution is -2.36. The minimum Gasteiger partial charge on any atom is -0.493 e. The van der Waals surface area contributed by atoms with Crippen molar-refractivity contribution in [2.75, 3.05) is 32.7 Å². The van der Waals surface area contributed by atoms with E-state index in [1.54, 1.807) is 32.4 Å². The zero-order valence-corrected chi connectivity index (χ0v) is 17.0. The first-order chi connectivity index (χ1) is 14.1. The number of nitrogens with zero attached hydrogens (tertiary/aromatic N) is 1. The Morgan fingerprint density at radius 3 is 2.69 bits per heavy atom. The van der Waals surface area contributed by atoms with Crippen LogP contribution in [0.15, 0.2) is 47.5 Å². The number of rotatable bonds is 6. The van der Waals surface area contributed by atoms with Crippen LogP contribution in [0.2, 0.25) is 0 Å². The van der Waals surface area contributed by atoms with Gasteiger partial charge in [-0.1, -0.05) is 17.7 Å². The van der Waals surface area contributed by atoms with Crippen LogP contribution in [0.3, 0.4) is 0 Å². The second-order valence-electron chi connectivity index (χ2n) is 6.84. The van der Waals surface area contributed by atoms with Gasteiger partial charge in [-0.15, -0.1) is 0 Å². The molecule has 2 N–H and O–H groups in total. The first-order valence-electron chi connectivity index (χ1n) is 9.62. The average Bonchev–Trinajstić information content (AvgIpc) is 3.25. The SMILES string of the molecule is COc1ccc(NC(=NC[C@H]2CCCO2)NC(=O)c2cccc(C)c2)cc1OC. The van der Waals surface area contributed by atoms with Crippen molar-refractivity contribution in [3.05, 3.63) is 53.6 Å². The van der Waals surface area contributed by atoms with E-state index in [9.17, 15) is 4.79 Å². The summed E-state index contributed by atoms with van der Waals surface area (Å²) in [6, 6.07) is 12.8. The van der Waals surface area contributed by atoms with Crippen LogP contribution in [-0.2, 0) is 4.74 Å². The molecule has 3 rings (SSSR count). The van der Waals surface area contributed by atoms with Gasteiger partial charge in [0, 0.05) is 23.9 Å². The Kier molecular flexibility index (Phi) is 7.08. The van der Waals surface area contributed by atoms with Gasteiger partial charge < -0.3 is 19.5 Å². The molecule has 0 unspecified atom stereocenters. The highest BCUT2D eigenvalue weighted by Gasteiger charge is 2.16. The fourth-order valence-corrected chi connectivity index (χ4v) is 3.11. The smallest absolute Gasteiger partial charge is 0.257 e. The van der Waals surface area contributed by atoms with Crippen molar-refractivity contribution in [3.8, 4) is 11.5 Å². The average molecular weight is 397 g/mol. The van der Waals surface area contributed by atoms with Crippen molar-refractivity contribution in [2.45, 2.75) is 25.9 Å². The number of hydrogen-bond donors (Lipinski definition) is 2. The molecule has 1 amide bonds. The summed E-state index contributed by atoms with van der Waals surface area (Å²) in [4.78, 5) is 17.3. The summed E-state index contributed by atoms with van der Waals surface area (Å²) in [6.45, 7) is 3.18. The van der Waals surface area contributed by atoms with Crippen LogP contribution in [0.1, 0.15) is 28.8 Å². The number of carbonyl (C=O) groups excluding carboxylic acids is 1. The Labute approximate surface area is 171 Å². The van der Waals surface area contributed by atoms with E-state index in [4.69, 9.17) is 14.2 Å². The van der Waals surface area contributed by atoms with E-state index in [2.05, 4.69) is 15.6 Å². The molecular weight excluding hydrogens is 370 g/mol. The molecule has 0 aromatic heterocycles. The van der Waals surface area contributed by atoms with E-state index in [1.165, 1.54) is 0 Å². The fourth-order valence-electron chi connectivity index (χ4n) is 3.11. The van der Waals surface area contributed by atoms with Gasteiger partial charge in [0.15, 0.2) is 11.5 Å². The van der Waals surface area contributed by atoms with Crippen LogP contribution in [0.5, 0.6) is 11.5 Å². The zero-order valence-electron chi connectivity index (χ0n) is 17.0. The summed E-state index contributed by atoms with van der Waals surface area (Å²) in [7, 11) is 3.16. The van der Waals surface area contributed by atoms with E-state index >= 15 is 0 Å². The molecule has 29 heavy (non-hydrogen) atoms. The van der Waals surface area contributed by atoms with Gasteiger partial charge in [0.2, 0.25) is 5.96 Å². The number of carbonyl (C=O) groups is 1. The highest BCUT2D eigenvalue weighted by molar-refractivity contribution is 6.10. The fraction of sp³-hybridized carbons (Fsp3) is 0.364. The second kappa shape index (κ2) is 9.93. The molecule has 1 aliphatic rings. The van der Waals surface area contributed by atoms with Gasteiger partial charge in [0.1, 0.15) is 0 Å². The highest BCUT2D eigenvalue weighted by atomic mass is 16.5. The van der Waals surface area contributed by atoms with Crippen molar-refractivity contribution in [3.63, 3.8) is 0 Å². The lowest BCUT2D eigenvalue weighted by atomic mass is 10.1. The van der Waals surface area contributed by atoms with Crippen molar-refractivity contribution in [1.82, 2.24) is 5.32 Å². The lowest BCUT2D eigenvalue weighted by molar-refractivity contribution is 0.0975. The molecule has 0 bridgehead atoms. The molecule has 1 aliphatic heterocycles. The molecule has 0 radical (unpaired) electrons. The maximum Gasteiger partial charge on any atom is 0.257 e. The summed E-state index contributed by atoms with van der Waals surface area (Å²) < 4.78 is 16.3. The Morgan fingerprint density at radius 1 is 1.17 bits per heavy atom. The van der Waals surface area contributed by atoms with Gasteiger partial charge in [0.25, 0.3) is 5.91 Å². The first-order valence-corrected chi connectivity index (χ1v) is 9.62. The molecule has 7 heteroatoms. The van der Waals surface area contributed by atoms with E-state index in [0.717, 1.165) is 30.7 Å². The van der Waals surface area contributed by atoms with Crippen LogP contribution in [0.4, 0.5) is 5.69 Å². The number of aliphatic imine (C=N–C) groups is 1. The van der Waals surface area contributed by atoms with E-state index in [1.807, 2.05) is 31.2 Å². The predicted octanol–water partition coefficient (Wildman–Crippen LogP) is 3.39. The summed E-state index contributed by atoms with van der Waals surface area (Å²) in [5, 5.41) is 6.04. The molecule has 154 valence electrons. The van der Waals surface area contributed by atoms with Gasteiger partial charge in [-0.3, -0.25) is 10.1 Å². The predicted molar refractivity (Wildman–Crippen MR) is 113 cm³/mol. The number of aryl methyl sites for hydroxylation is 1. The van der Waals surface area contributed by atoms with Gasteiger partial charge in [-0.05, 0) is 44.0 Å². The number of hydrogen-bond acceptors (Lipinski definition) is 5. The topological polar surface area (TPSA) is 81.2 Å². The molecule has 0 saturated carbocycles. The van der Waals surface area contributed by atoms with Gasteiger partial charge in [0.05, 0.1) is 26.9 Å². The first kappa shape index (κ1) is 20.7. The van der Waals surface area contributed by atoms with Crippen molar-refractivity contribution in [2.24, 2.45) is 4.99 Å². The number of benzene rings is 2. The van der Waals surface area contributed by atoms with Crippen LogP contribution >= 0.6 is 0 Å². The van der Waals surface area contributed by atoms with Gasteiger partial charge in [-0.25, -0.2) is 4.99 Å². The largest absolute Gasteiger partial charge is 0.493 e. The summed E-state index contributed by atoms with van der Waals surface area (Å²) in [5.41, 5.74) is 2.31. The molecule has 1 heterocycles. The normalized spacial score (nSPS) is 16.4. The Morgan fingerprint density at radius 2 is 2.00 bits per heavy atom. The van der Waals surface area contributed by atoms with Crippen LogP contribution < -0.4 is 20.1 Å². The van der Waals surface area contributed by atoms with E-state index in [0.29, 0.717) is 29.6 Å². The quantitative estimate of drug-likeness (QED) is 0.577. The lowest BCUT2D eigenvalue weighted by Gasteiger charge is -2.15. The zero-order chi connectivity index (χ0) is 20.6. The standard InChI is InChI=1S/C22H27N3O4/c1-15-6-4-7-16(12-15)21(26)25-22(23-14-18-8-5-11-29-18)24-17-9-10-19(27-2)20(13-17)28-3/h4,6-7,9-10,12-13,18H,5,8,11,14H2,1-3H3,(H2,23,24,25,26)/t18-/m1/s1. The Hall–Kier alpha value is -3.06. The third-order valence-corrected chi connectivity index (χ3v) is 4.64. The maximum absolute atomic E-state index is 12.7. The van der Waals surface area contributed by atoms with Crippen molar-refractivity contribution in [1.29, 1.82) is 0 Å². The molecule has 0 spiro atoms. The summed E-state index contributed by atoms with van der Waals surface area (Å²) in [6.07, 6.45) is 2.08. The van der Waals surface area contributed by atoms with Crippen LogP contribution in [0.25, 0.3) is 0 Å². The van der Waals surface area contributed by atoms with E-state index in [-0.39, 0.29) is 12.0 Å². The minimum atomic E-state index is -0.229. The van der Waals surface area contributed by atoms with Crippen molar-refractivity contribution >= 4 is 17.6 Å². The summed E-state index contributed by atoms with van der Waals surface area (Å²) in [5.74, 6) is 1.34. The third-order valence-electron chi connectivity index (χ3n) is 4.64.